The lowest BCUT2D eigenvalue weighted by atomic mass is 10.1. The van der Waals surface area contributed by atoms with Crippen LogP contribution in [0, 0.1) is 0 Å². The normalized spacial score (nSPS) is 12.5. The number of carbonyl (C=O) groups excluding carboxylic acids is 1. The van der Waals surface area contributed by atoms with Crippen LogP contribution in [0.1, 0.15) is 5.56 Å². The average molecular weight is 203 g/mol. The van der Waals surface area contributed by atoms with Crippen molar-refractivity contribution in [3.63, 3.8) is 0 Å². The van der Waals surface area contributed by atoms with Crippen LogP contribution in [0.15, 0.2) is 30.3 Å². The van der Waals surface area contributed by atoms with E-state index in [-0.39, 0.29) is 0 Å². The number of halogens is 2. The first-order chi connectivity index (χ1) is 5.70. The molecule has 0 heterocycles. The highest BCUT2D eigenvalue weighted by molar-refractivity contribution is 6.69. The van der Waals surface area contributed by atoms with Crippen LogP contribution in [0.2, 0.25) is 0 Å². The van der Waals surface area contributed by atoms with Gasteiger partial charge in [-0.2, -0.15) is 0 Å². The second-order valence-corrected chi connectivity index (χ2v) is 3.36. The molecule has 3 heteroatoms. The minimum atomic E-state index is -0.617. The van der Waals surface area contributed by atoms with Crippen molar-refractivity contribution in [3.05, 3.63) is 35.9 Å². The first kappa shape index (κ1) is 9.56. The summed E-state index contributed by atoms with van der Waals surface area (Å²) in [6.45, 7) is 0. The first-order valence-corrected chi connectivity index (χ1v) is 4.39. The Morgan fingerprint density at radius 1 is 1.33 bits per heavy atom. The highest BCUT2D eigenvalue weighted by atomic mass is 35.5. The van der Waals surface area contributed by atoms with Gasteiger partial charge in [0.2, 0.25) is 5.24 Å². The Bertz CT molecular complexity index is 258. The molecule has 0 radical (unpaired) electrons. The molecule has 1 rings (SSSR count). The molecule has 1 aromatic carbocycles. The summed E-state index contributed by atoms with van der Waals surface area (Å²) in [5.74, 6) is 0. The maximum atomic E-state index is 10.6. The fourth-order valence-corrected chi connectivity index (χ4v) is 1.16. The van der Waals surface area contributed by atoms with Crippen molar-refractivity contribution in [1.82, 2.24) is 0 Å². The van der Waals surface area contributed by atoms with Crippen LogP contribution in [0.5, 0.6) is 0 Å². The third-order valence-electron chi connectivity index (χ3n) is 1.50. The molecule has 0 amide bonds. The number of alkyl halides is 1. The van der Waals surface area contributed by atoms with Gasteiger partial charge >= 0.3 is 0 Å². The summed E-state index contributed by atoms with van der Waals surface area (Å²) < 4.78 is 0. The summed E-state index contributed by atoms with van der Waals surface area (Å²) in [5.41, 5.74) is 1.02. The van der Waals surface area contributed by atoms with Crippen LogP contribution >= 0.6 is 23.2 Å². The van der Waals surface area contributed by atoms with Gasteiger partial charge in [-0.1, -0.05) is 30.3 Å². The molecule has 0 unspecified atom stereocenters. The van der Waals surface area contributed by atoms with Gasteiger partial charge in [0.05, 0.1) is 0 Å². The highest BCUT2D eigenvalue weighted by Gasteiger charge is 2.12. The number of rotatable bonds is 3. The first-order valence-electron chi connectivity index (χ1n) is 3.57. The predicted molar refractivity (Wildman–Crippen MR) is 50.6 cm³/mol. The third-order valence-corrected chi connectivity index (χ3v) is 2.23. The Hall–Kier alpha value is -0.530. The smallest absolute Gasteiger partial charge is 0.239 e. The van der Waals surface area contributed by atoms with E-state index in [1.165, 1.54) is 0 Å². The van der Waals surface area contributed by atoms with Crippen molar-refractivity contribution in [2.75, 3.05) is 0 Å². The molecule has 0 bridgehead atoms. The van der Waals surface area contributed by atoms with Crippen LogP contribution in [0.25, 0.3) is 0 Å². The Kier molecular flexibility index (Phi) is 3.57. The van der Waals surface area contributed by atoms with Gasteiger partial charge in [0.1, 0.15) is 5.38 Å². The van der Waals surface area contributed by atoms with Crippen LogP contribution in [-0.4, -0.2) is 10.6 Å². The molecular formula is C9H8Cl2O. The zero-order valence-corrected chi connectivity index (χ0v) is 7.85. The van der Waals surface area contributed by atoms with E-state index in [1.807, 2.05) is 30.3 Å². The summed E-state index contributed by atoms with van der Waals surface area (Å²) in [5, 5.41) is -1.12. The molecule has 0 aromatic heterocycles. The molecule has 1 nitrogen and oxygen atoms in total. The van der Waals surface area contributed by atoms with Gasteiger partial charge in [0, 0.05) is 0 Å². The van der Waals surface area contributed by atoms with Crippen molar-refractivity contribution >= 4 is 28.4 Å². The van der Waals surface area contributed by atoms with Crippen LogP contribution in [0.4, 0.5) is 0 Å². The Morgan fingerprint density at radius 3 is 2.42 bits per heavy atom. The molecule has 0 fully saturated rings. The van der Waals surface area contributed by atoms with Gasteiger partial charge in [0.15, 0.2) is 0 Å². The molecule has 0 saturated heterocycles. The molecule has 0 aliphatic heterocycles. The molecule has 1 aromatic rings. The summed E-state index contributed by atoms with van der Waals surface area (Å²) >= 11 is 10.9. The van der Waals surface area contributed by atoms with E-state index >= 15 is 0 Å². The molecule has 0 aliphatic rings. The van der Waals surface area contributed by atoms with Crippen molar-refractivity contribution in [2.45, 2.75) is 11.8 Å². The minimum absolute atomic E-state index is 0.491. The number of benzene rings is 1. The third kappa shape index (κ3) is 2.84. The van der Waals surface area contributed by atoms with Crippen molar-refractivity contribution < 1.29 is 4.79 Å². The van der Waals surface area contributed by atoms with E-state index in [4.69, 9.17) is 23.2 Å². The van der Waals surface area contributed by atoms with Crippen molar-refractivity contribution in [1.29, 1.82) is 0 Å². The molecule has 0 N–H and O–H groups in total. The Morgan fingerprint density at radius 2 is 1.92 bits per heavy atom. The van der Waals surface area contributed by atoms with E-state index in [2.05, 4.69) is 0 Å². The number of carbonyl (C=O) groups is 1. The molecule has 12 heavy (non-hydrogen) atoms. The molecule has 64 valence electrons. The van der Waals surface area contributed by atoms with Gasteiger partial charge < -0.3 is 0 Å². The zero-order chi connectivity index (χ0) is 8.97. The van der Waals surface area contributed by atoms with E-state index in [9.17, 15) is 4.79 Å². The molecule has 0 spiro atoms. The van der Waals surface area contributed by atoms with Gasteiger partial charge in [-0.25, -0.2) is 0 Å². The monoisotopic (exact) mass is 202 g/mol. The van der Waals surface area contributed by atoms with E-state index < -0.39 is 10.6 Å². The maximum Gasteiger partial charge on any atom is 0.239 e. The Labute approximate surface area is 81.3 Å². The lowest BCUT2D eigenvalue weighted by molar-refractivity contribution is -0.111. The van der Waals surface area contributed by atoms with E-state index in [1.54, 1.807) is 0 Å². The summed E-state index contributed by atoms with van der Waals surface area (Å²) in [6, 6.07) is 9.54. The fourth-order valence-electron chi connectivity index (χ4n) is 0.901. The van der Waals surface area contributed by atoms with Crippen LogP contribution in [-0.2, 0) is 11.2 Å². The average Bonchev–Trinajstić information content (AvgIpc) is 2.06. The second kappa shape index (κ2) is 4.48. The van der Waals surface area contributed by atoms with Gasteiger partial charge in [0.25, 0.3) is 0 Å². The van der Waals surface area contributed by atoms with E-state index in [0.717, 1.165) is 5.56 Å². The lowest BCUT2D eigenvalue weighted by Crippen LogP contribution is -2.10. The van der Waals surface area contributed by atoms with Crippen LogP contribution < -0.4 is 0 Å². The zero-order valence-electron chi connectivity index (χ0n) is 6.34. The standard InChI is InChI=1S/C9H8Cl2O/c10-8(9(11)12)6-7-4-2-1-3-5-7/h1-5,8H,6H2/t8-/m1/s1. The number of hydrogen-bond donors (Lipinski definition) is 0. The maximum absolute atomic E-state index is 10.6. The molecule has 0 saturated carbocycles. The predicted octanol–water partition coefficient (Wildman–Crippen LogP) is 2.60. The van der Waals surface area contributed by atoms with Gasteiger partial charge in [-0.15, -0.1) is 11.6 Å². The lowest BCUT2D eigenvalue weighted by Gasteiger charge is -2.02. The molecule has 0 aliphatic carbocycles. The van der Waals surface area contributed by atoms with E-state index in [0.29, 0.717) is 6.42 Å². The number of hydrogen-bond acceptors (Lipinski definition) is 1. The van der Waals surface area contributed by atoms with Gasteiger partial charge in [-0.3, -0.25) is 4.79 Å². The molecular weight excluding hydrogens is 195 g/mol. The molecule has 1 atom stereocenters. The quantitative estimate of drug-likeness (QED) is 0.545. The minimum Gasteiger partial charge on any atom is -0.280 e. The fraction of sp³-hybridized carbons (Fsp3) is 0.222. The van der Waals surface area contributed by atoms with Gasteiger partial charge in [-0.05, 0) is 23.6 Å². The highest BCUT2D eigenvalue weighted by Crippen LogP contribution is 2.10. The summed E-state index contributed by atoms with van der Waals surface area (Å²) in [4.78, 5) is 10.6. The van der Waals surface area contributed by atoms with Crippen molar-refractivity contribution in [2.24, 2.45) is 0 Å². The summed E-state index contributed by atoms with van der Waals surface area (Å²) in [7, 11) is 0. The SMILES string of the molecule is O=C(Cl)[C@H](Cl)Cc1ccccc1. The van der Waals surface area contributed by atoms with Crippen molar-refractivity contribution in [3.8, 4) is 0 Å². The van der Waals surface area contributed by atoms with Crippen LogP contribution in [0.3, 0.4) is 0 Å². The topological polar surface area (TPSA) is 17.1 Å². The summed E-state index contributed by atoms with van der Waals surface area (Å²) in [6.07, 6.45) is 0.491. The largest absolute Gasteiger partial charge is 0.280 e. The second-order valence-electron chi connectivity index (χ2n) is 2.46. The Balaban J connectivity index is 2.58.